The van der Waals surface area contributed by atoms with Crippen molar-refractivity contribution in [2.75, 3.05) is 20.8 Å². The Hall–Kier alpha value is -2.67. The van der Waals surface area contributed by atoms with E-state index >= 15 is 0 Å². The van der Waals surface area contributed by atoms with Crippen LogP contribution in [0.2, 0.25) is 13.3 Å². The molecule has 0 spiro atoms. The second-order valence-corrected chi connectivity index (χ2v) is 25.6. The zero-order valence-corrected chi connectivity index (χ0v) is 29.8. The number of rotatable bonds is 15. The molecule has 1 aliphatic rings. The van der Waals surface area contributed by atoms with E-state index in [0.29, 0.717) is 6.54 Å². The zero-order chi connectivity index (χ0) is 30.7. The fraction of sp³-hybridized carbons (Fsp3) is 0.486. The Balaban J connectivity index is 2.05. The van der Waals surface area contributed by atoms with E-state index in [1.165, 1.54) is 49.3 Å². The normalized spacial score (nSPS) is 16.4. The molecule has 0 aromatic heterocycles. The summed E-state index contributed by atoms with van der Waals surface area (Å²) in [5, 5.41) is 0. The van der Waals surface area contributed by atoms with Gasteiger partial charge in [-0.05, 0) is 0 Å². The topological polar surface area (TPSA) is 48.0 Å². The van der Waals surface area contributed by atoms with Gasteiger partial charge in [-0.1, -0.05) is 0 Å². The molecule has 43 heavy (non-hydrogen) atoms. The van der Waals surface area contributed by atoms with Crippen molar-refractivity contribution in [2.24, 2.45) is 0 Å². The maximum atomic E-state index is 14.6. The number of fused-ring (bicyclic) bond motifs is 1. The first kappa shape index (κ1) is 33.2. The zero-order valence-electron chi connectivity index (χ0n) is 27.0. The first-order chi connectivity index (χ1) is 21.0. The number of unbranched alkanes of at least 4 members (excludes halogenated alkanes) is 3. The Kier molecular flexibility index (Phi) is 12.3. The third-order valence-corrected chi connectivity index (χ3v) is 27.4. The number of hydrogen-bond acceptors (Lipinski definition) is 4. The van der Waals surface area contributed by atoms with Crippen LogP contribution in [0.5, 0.6) is 11.5 Å². The Bertz CT molecular complexity index is 1280. The van der Waals surface area contributed by atoms with Gasteiger partial charge in [0.25, 0.3) is 0 Å². The van der Waals surface area contributed by atoms with Crippen molar-refractivity contribution in [1.82, 2.24) is 4.90 Å². The van der Waals surface area contributed by atoms with Crippen molar-refractivity contribution in [3.8, 4) is 11.5 Å². The summed E-state index contributed by atoms with van der Waals surface area (Å²) in [6.07, 6.45) is 7.56. The van der Waals surface area contributed by atoms with Crippen molar-refractivity contribution in [3.05, 3.63) is 95.1 Å². The minimum absolute atomic E-state index is 0.210. The molecule has 3 aromatic carbocycles. The average molecular weight is 693 g/mol. The third-order valence-electron chi connectivity index (χ3n) is 9.42. The van der Waals surface area contributed by atoms with Crippen LogP contribution in [0.1, 0.15) is 81.5 Å². The molecule has 1 unspecified atom stereocenters. The van der Waals surface area contributed by atoms with Crippen molar-refractivity contribution in [3.63, 3.8) is 0 Å². The Morgan fingerprint density at radius 1 is 0.791 bits per heavy atom. The number of carbonyl (C=O) groups is 1. The summed E-state index contributed by atoms with van der Waals surface area (Å²) in [4.78, 5) is 16.8. The van der Waals surface area contributed by atoms with Gasteiger partial charge < -0.3 is 0 Å². The fourth-order valence-electron chi connectivity index (χ4n) is 7.37. The van der Waals surface area contributed by atoms with Gasteiger partial charge in [-0.2, -0.15) is 0 Å². The molecule has 0 saturated carbocycles. The van der Waals surface area contributed by atoms with Gasteiger partial charge >= 0.3 is 265 Å². The van der Waals surface area contributed by atoms with Crippen molar-refractivity contribution >= 4 is 24.5 Å². The Morgan fingerprint density at radius 3 is 1.86 bits per heavy atom. The number of hydrogen-bond donors (Lipinski definition) is 0. The standard InChI is InChI=1S/C25H24NO4.3C4H9.Sn/c1-28-22-15-20-13-14-26(25(27)30-17-18-9-5-3-6-10-18)24(19-11-7-4-8-12-19)21(20)16-23(22)29-2;3*1-3-4-2;/h3-12,15-16H,13-14,17H2,1-2H3;3*1,3-4H2,2H3;. The molecule has 232 valence electrons. The second kappa shape index (κ2) is 15.9. The molecule has 0 saturated heterocycles. The summed E-state index contributed by atoms with van der Waals surface area (Å²) in [6, 6.07) is 25.4. The monoisotopic (exact) mass is 693 g/mol. The van der Waals surface area contributed by atoms with Crippen LogP contribution >= 0.6 is 0 Å². The predicted molar refractivity (Wildman–Crippen MR) is 179 cm³/mol. The molecule has 0 N–H and O–H groups in total. The molecular formula is C37H51NO4Sn. The summed E-state index contributed by atoms with van der Waals surface area (Å²) < 4.78 is 21.2. The number of carbonyl (C=O) groups excluding carboxylic acids is 1. The summed E-state index contributed by atoms with van der Waals surface area (Å²) in [6.45, 7) is 7.80. The molecule has 0 bridgehead atoms. The van der Waals surface area contributed by atoms with E-state index in [2.05, 4.69) is 68.1 Å². The van der Waals surface area contributed by atoms with E-state index in [0.717, 1.165) is 42.7 Å². The molecule has 4 rings (SSSR count). The number of methoxy groups -OCH3 is 2. The van der Waals surface area contributed by atoms with Crippen LogP contribution in [0.15, 0.2) is 72.8 Å². The van der Waals surface area contributed by atoms with E-state index in [9.17, 15) is 4.79 Å². The number of amides is 1. The van der Waals surface area contributed by atoms with Gasteiger partial charge in [0.1, 0.15) is 0 Å². The predicted octanol–water partition coefficient (Wildman–Crippen LogP) is 9.53. The molecule has 1 heterocycles. The Labute approximate surface area is 263 Å². The van der Waals surface area contributed by atoms with E-state index < -0.39 is 21.9 Å². The number of benzene rings is 3. The van der Waals surface area contributed by atoms with Crippen LogP contribution in [-0.2, 0) is 21.3 Å². The summed E-state index contributed by atoms with van der Waals surface area (Å²) in [5.74, 6) is 1.47. The van der Waals surface area contributed by atoms with Crippen LogP contribution in [0.3, 0.4) is 0 Å². The molecule has 1 atom stereocenters. The summed E-state index contributed by atoms with van der Waals surface area (Å²) >= 11 is -3.47. The Morgan fingerprint density at radius 2 is 1.33 bits per heavy atom. The molecule has 3 aromatic rings. The van der Waals surface area contributed by atoms with Crippen LogP contribution < -0.4 is 9.47 Å². The van der Waals surface area contributed by atoms with Crippen molar-refractivity contribution in [1.29, 1.82) is 0 Å². The molecule has 0 radical (unpaired) electrons. The van der Waals surface area contributed by atoms with E-state index in [4.69, 9.17) is 14.2 Å². The SMILES string of the molecule is CCC[CH2][Sn]([CH2]CCC)([CH2]CCC)[C]1(c2ccccc2)c2cc(OC)c(OC)cc2CCN1C(=O)OCc1ccccc1. The van der Waals surface area contributed by atoms with Gasteiger partial charge in [0.05, 0.1) is 0 Å². The summed E-state index contributed by atoms with van der Waals surface area (Å²) in [7, 11) is 3.42. The van der Waals surface area contributed by atoms with Crippen LogP contribution in [0.4, 0.5) is 4.79 Å². The minimum atomic E-state index is -3.47. The molecule has 0 fully saturated rings. The molecule has 0 aliphatic carbocycles. The number of ether oxygens (including phenoxy) is 3. The fourth-order valence-corrected chi connectivity index (χ4v) is 28.2. The quantitative estimate of drug-likeness (QED) is 0.149. The molecule has 5 nitrogen and oxygen atoms in total. The molecule has 6 heteroatoms. The van der Waals surface area contributed by atoms with E-state index in [1.807, 2.05) is 30.3 Å². The maximum absolute atomic E-state index is 14.6. The molecule has 1 amide bonds. The molecular weight excluding hydrogens is 641 g/mol. The van der Waals surface area contributed by atoms with Crippen molar-refractivity contribution < 1.29 is 19.0 Å². The average Bonchev–Trinajstić information content (AvgIpc) is 3.06. The van der Waals surface area contributed by atoms with E-state index in [1.54, 1.807) is 14.2 Å². The van der Waals surface area contributed by atoms with Gasteiger partial charge in [-0.15, -0.1) is 0 Å². The molecule has 1 aliphatic heterocycles. The van der Waals surface area contributed by atoms with Gasteiger partial charge in [-0.3, -0.25) is 0 Å². The van der Waals surface area contributed by atoms with Crippen LogP contribution in [0.25, 0.3) is 0 Å². The second-order valence-electron chi connectivity index (χ2n) is 12.0. The van der Waals surface area contributed by atoms with Crippen LogP contribution in [-0.4, -0.2) is 50.1 Å². The van der Waals surface area contributed by atoms with Gasteiger partial charge in [0.15, 0.2) is 0 Å². The van der Waals surface area contributed by atoms with Gasteiger partial charge in [0.2, 0.25) is 0 Å². The van der Waals surface area contributed by atoms with Gasteiger partial charge in [-0.25, -0.2) is 0 Å². The summed E-state index contributed by atoms with van der Waals surface area (Å²) in [5.41, 5.74) is 4.74. The third kappa shape index (κ3) is 6.87. The number of nitrogens with zero attached hydrogens (tertiary/aromatic N) is 1. The van der Waals surface area contributed by atoms with Gasteiger partial charge in [0, 0.05) is 0 Å². The van der Waals surface area contributed by atoms with Crippen molar-refractivity contribution in [2.45, 2.75) is 89.2 Å². The first-order valence-corrected chi connectivity index (χ1v) is 23.8. The van der Waals surface area contributed by atoms with E-state index in [-0.39, 0.29) is 12.7 Å². The first-order valence-electron chi connectivity index (χ1n) is 16.3. The van der Waals surface area contributed by atoms with Crippen LogP contribution in [0, 0.1) is 0 Å².